The van der Waals surface area contributed by atoms with E-state index in [1.807, 2.05) is 36.4 Å². The molecule has 2 aromatic rings. The molecule has 16 heavy (non-hydrogen) atoms. The molecule has 0 bridgehead atoms. The highest BCUT2D eigenvalue weighted by Crippen LogP contribution is 2.41. The summed E-state index contributed by atoms with van der Waals surface area (Å²) in [5.41, 5.74) is 6.73. The first-order valence-electron chi connectivity index (χ1n) is 5.36. The smallest absolute Gasteiger partial charge is 0.135 e. The van der Waals surface area contributed by atoms with Crippen LogP contribution >= 0.6 is 11.6 Å². The van der Waals surface area contributed by atoms with E-state index in [1.54, 1.807) is 0 Å². The monoisotopic (exact) mass is 233 g/mol. The maximum Gasteiger partial charge on any atom is 0.135 e. The molecule has 1 aromatic heterocycles. The Morgan fingerprint density at radius 3 is 2.62 bits per heavy atom. The average Bonchev–Trinajstić information content (AvgIpc) is 2.82. The van der Waals surface area contributed by atoms with Crippen LogP contribution in [0, 0.1) is 0 Å². The van der Waals surface area contributed by atoms with Crippen molar-refractivity contribution in [2.45, 2.75) is 18.4 Å². The predicted molar refractivity (Wildman–Crippen MR) is 64.5 cm³/mol. The van der Waals surface area contributed by atoms with Gasteiger partial charge in [-0.1, -0.05) is 23.7 Å². The van der Waals surface area contributed by atoms with Gasteiger partial charge in [-0.15, -0.1) is 0 Å². The Hall–Kier alpha value is -1.25. The largest absolute Gasteiger partial charge is 0.461 e. The van der Waals surface area contributed by atoms with Gasteiger partial charge in [0.1, 0.15) is 11.5 Å². The third kappa shape index (κ3) is 1.64. The van der Waals surface area contributed by atoms with Gasteiger partial charge in [0.25, 0.3) is 0 Å². The van der Waals surface area contributed by atoms with Crippen LogP contribution in [0.3, 0.4) is 0 Å². The van der Waals surface area contributed by atoms with Gasteiger partial charge in [-0.2, -0.15) is 0 Å². The molecule has 1 heterocycles. The summed E-state index contributed by atoms with van der Waals surface area (Å²) in [7, 11) is 0. The fourth-order valence-electron chi connectivity index (χ4n) is 1.90. The molecule has 1 aliphatic carbocycles. The van der Waals surface area contributed by atoms with E-state index in [4.69, 9.17) is 21.8 Å². The fraction of sp³-hybridized carbons (Fsp3) is 0.231. The topological polar surface area (TPSA) is 39.2 Å². The summed E-state index contributed by atoms with van der Waals surface area (Å²) >= 11 is 6.11. The van der Waals surface area contributed by atoms with Gasteiger partial charge in [0.2, 0.25) is 0 Å². The minimum atomic E-state index is 0.269. The molecule has 1 fully saturated rings. The van der Waals surface area contributed by atoms with Crippen LogP contribution in [0.25, 0.3) is 11.3 Å². The Kier molecular flexibility index (Phi) is 2.27. The van der Waals surface area contributed by atoms with Crippen LogP contribution in [0.4, 0.5) is 0 Å². The Morgan fingerprint density at radius 2 is 1.94 bits per heavy atom. The highest BCUT2D eigenvalue weighted by molar-refractivity contribution is 6.33. The molecule has 1 aromatic carbocycles. The molecular formula is C13H12ClNO. The minimum Gasteiger partial charge on any atom is -0.461 e. The predicted octanol–water partition coefficient (Wildman–Crippen LogP) is 3.41. The van der Waals surface area contributed by atoms with E-state index in [0.29, 0.717) is 10.9 Å². The standard InChI is InChI=1S/C13H12ClNO/c14-10-4-2-1-3-8(10)12-5-6-13(16-12)9-7-11(9)15/h1-6,9,11H,7,15H2/t9-,11-/m0/s1. The Balaban J connectivity index is 1.95. The van der Waals surface area contributed by atoms with Crippen molar-refractivity contribution in [1.82, 2.24) is 0 Å². The lowest BCUT2D eigenvalue weighted by Crippen LogP contribution is -2.00. The van der Waals surface area contributed by atoms with E-state index in [1.165, 1.54) is 0 Å². The van der Waals surface area contributed by atoms with E-state index < -0.39 is 0 Å². The molecule has 0 unspecified atom stereocenters. The maximum absolute atomic E-state index is 6.11. The van der Waals surface area contributed by atoms with Crippen molar-refractivity contribution in [3.63, 3.8) is 0 Å². The average molecular weight is 234 g/mol. The molecule has 3 heteroatoms. The maximum atomic E-state index is 6.11. The third-order valence-corrected chi connectivity index (χ3v) is 3.30. The Morgan fingerprint density at radius 1 is 1.19 bits per heavy atom. The van der Waals surface area contributed by atoms with Gasteiger partial charge in [-0.3, -0.25) is 0 Å². The second-order valence-electron chi connectivity index (χ2n) is 4.19. The van der Waals surface area contributed by atoms with Crippen LogP contribution < -0.4 is 5.73 Å². The first kappa shape index (κ1) is 9.94. The number of benzene rings is 1. The van der Waals surface area contributed by atoms with Crippen molar-refractivity contribution in [3.8, 4) is 11.3 Å². The van der Waals surface area contributed by atoms with Crippen molar-refractivity contribution in [1.29, 1.82) is 0 Å². The SMILES string of the molecule is N[C@H]1C[C@@H]1c1ccc(-c2ccccc2Cl)o1. The number of rotatable bonds is 2. The van der Waals surface area contributed by atoms with Crippen LogP contribution in [-0.4, -0.2) is 6.04 Å². The van der Waals surface area contributed by atoms with Crippen LogP contribution in [0.2, 0.25) is 5.02 Å². The number of nitrogens with two attached hydrogens (primary N) is 1. The molecule has 82 valence electrons. The Bertz CT molecular complexity index is 520. The summed E-state index contributed by atoms with van der Waals surface area (Å²) in [6.45, 7) is 0. The summed E-state index contributed by atoms with van der Waals surface area (Å²) in [6, 6.07) is 11.9. The number of furan rings is 1. The summed E-state index contributed by atoms with van der Waals surface area (Å²) in [6.07, 6.45) is 1.02. The lowest BCUT2D eigenvalue weighted by molar-refractivity contribution is 0.522. The number of hydrogen-bond acceptors (Lipinski definition) is 2. The zero-order valence-corrected chi connectivity index (χ0v) is 9.45. The van der Waals surface area contributed by atoms with Gasteiger partial charge in [-0.25, -0.2) is 0 Å². The quantitative estimate of drug-likeness (QED) is 0.863. The van der Waals surface area contributed by atoms with Crippen molar-refractivity contribution in [2.24, 2.45) is 5.73 Å². The van der Waals surface area contributed by atoms with E-state index in [2.05, 4.69) is 0 Å². The summed E-state index contributed by atoms with van der Waals surface area (Å²) in [4.78, 5) is 0. The zero-order valence-electron chi connectivity index (χ0n) is 8.69. The van der Waals surface area contributed by atoms with E-state index in [-0.39, 0.29) is 6.04 Å². The highest BCUT2D eigenvalue weighted by Gasteiger charge is 2.37. The molecular weight excluding hydrogens is 222 g/mol. The van der Waals surface area contributed by atoms with Gasteiger partial charge < -0.3 is 10.2 Å². The van der Waals surface area contributed by atoms with Gasteiger partial charge in [0, 0.05) is 17.5 Å². The molecule has 0 spiro atoms. The van der Waals surface area contributed by atoms with Crippen molar-refractivity contribution < 1.29 is 4.42 Å². The van der Waals surface area contributed by atoms with Crippen molar-refractivity contribution in [3.05, 3.63) is 47.2 Å². The van der Waals surface area contributed by atoms with Crippen LogP contribution in [0.1, 0.15) is 18.1 Å². The van der Waals surface area contributed by atoms with Crippen molar-refractivity contribution >= 4 is 11.6 Å². The molecule has 2 N–H and O–H groups in total. The molecule has 0 amide bonds. The molecule has 2 atom stereocenters. The van der Waals surface area contributed by atoms with Gasteiger partial charge >= 0.3 is 0 Å². The van der Waals surface area contributed by atoms with E-state index in [9.17, 15) is 0 Å². The molecule has 2 nitrogen and oxygen atoms in total. The van der Waals surface area contributed by atoms with E-state index >= 15 is 0 Å². The molecule has 1 saturated carbocycles. The molecule has 0 radical (unpaired) electrons. The highest BCUT2D eigenvalue weighted by atomic mass is 35.5. The lowest BCUT2D eigenvalue weighted by atomic mass is 10.2. The van der Waals surface area contributed by atoms with Crippen LogP contribution in [-0.2, 0) is 0 Å². The number of halogens is 1. The zero-order chi connectivity index (χ0) is 11.1. The Labute approximate surface area is 99.0 Å². The normalized spacial score (nSPS) is 23.4. The van der Waals surface area contributed by atoms with Crippen LogP contribution in [0.15, 0.2) is 40.8 Å². The van der Waals surface area contributed by atoms with E-state index in [0.717, 1.165) is 23.5 Å². The van der Waals surface area contributed by atoms with Crippen LogP contribution in [0.5, 0.6) is 0 Å². The molecule has 1 aliphatic rings. The summed E-state index contributed by atoms with van der Waals surface area (Å²) < 4.78 is 5.78. The fourth-order valence-corrected chi connectivity index (χ4v) is 2.13. The minimum absolute atomic E-state index is 0.269. The second-order valence-corrected chi connectivity index (χ2v) is 4.60. The lowest BCUT2D eigenvalue weighted by Gasteiger charge is -1.99. The molecule has 0 saturated heterocycles. The first-order chi connectivity index (χ1) is 7.75. The first-order valence-corrected chi connectivity index (χ1v) is 5.74. The summed E-state index contributed by atoms with van der Waals surface area (Å²) in [5.74, 6) is 2.19. The van der Waals surface area contributed by atoms with Crippen molar-refractivity contribution in [2.75, 3.05) is 0 Å². The molecule has 3 rings (SSSR count). The second kappa shape index (κ2) is 3.65. The van der Waals surface area contributed by atoms with Gasteiger partial charge in [0.15, 0.2) is 0 Å². The number of hydrogen-bond donors (Lipinski definition) is 1. The summed E-state index contributed by atoms with van der Waals surface area (Å²) in [5, 5.41) is 0.712. The third-order valence-electron chi connectivity index (χ3n) is 2.97. The van der Waals surface area contributed by atoms with Gasteiger partial charge in [0.05, 0.1) is 5.02 Å². The van der Waals surface area contributed by atoms with Gasteiger partial charge in [-0.05, 0) is 30.7 Å². The molecule has 0 aliphatic heterocycles.